The van der Waals surface area contributed by atoms with Gasteiger partial charge < -0.3 is 14.7 Å². The summed E-state index contributed by atoms with van der Waals surface area (Å²) in [4.78, 5) is 37.1. The van der Waals surface area contributed by atoms with E-state index < -0.39 is 11.9 Å². The van der Waals surface area contributed by atoms with Crippen LogP contribution >= 0.6 is 0 Å². The molecule has 0 bridgehead atoms. The summed E-state index contributed by atoms with van der Waals surface area (Å²) in [6.07, 6.45) is 0. The summed E-state index contributed by atoms with van der Waals surface area (Å²) >= 11 is 0. The van der Waals surface area contributed by atoms with Crippen molar-refractivity contribution in [2.24, 2.45) is 5.92 Å². The van der Waals surface area contributed by atoms with Gasteiger partial charge in [-0.3, -0.25) is 14.4 Å². The van der Waals surface area contributed by atoms with Gasteiger partial charge >= 0.3 is 5.97 Å². The Morgan fingerprint density at radius 1 is 1.07 bits per heavy atom. The third-order valence-corrected chi connectivity index (χ3v) is 4.82. The molecule has 0 unspecified atom stereocenters. The summed E-state index contributed by atoms with van der Waals surface area (Å²) in [5.41, 5.74) is 1.42. The Morgan fingerprint density at radius 3 is 2.48 bits per heavy atom. The van der Waals surface area contributed by atoms with E-state index >= 15 is 0 Å². The topological polar surface area (TPSA) is 83.9 Å². The summed E-state index contributed by atoms with van der Waals surface area (Å²) in [5, 5.41) is 9.53. The first kappa shape index (κ1) is 18.6. The molecular weight excluding hydrogens is 346 g/mol. The van der Waals surface area contributed by atoms with Gasteiger partial charge in [0, 0.05) is 24.6 Å². The SMILES string of the molecule is CC(=O)c1cccc(OCC(=O)N2C[C@H](C(=O)O)[C@H](c3ccccc3)C2)c1. The first-order chi connectivity index (χ1) is 13.0. The van der Waals surface area contributed by atoms with E-state index in [0.717, 1.165) is 5.56 Å². The van der Waals surface area contributed by atoms with E-state index in [1.54, 1.807) is 24.3 Å². The number of hydrogen-bond acceptors (Lipinski definition) is 4. The largest absolute Gasteiger partial charge is 0.484 e. The third kappa shape index (κ3) is 4.34. The van der Waals surface area contributed by atoms with Crippen LogP contribution in [-0.4, -0.2) is 47.4 Å². The van der Waals surface area contributed by atoms with E-state index in [4.69, 9.17) is 4.74 Å². The summed E-state index contributed by atoms with van der Waals surface area (Å²) in [6, 6.07) is 16.0. The van der Waals surface area contributed by atoms with Crippen molar-refractivity contribution in [1.82, 2.24) is 4.90 Å². The molecule has 3 rings (SSSR count). The van der Waals surface area contributed by atoms with Crippen LogP contribution in [0.1, 0.15) is 28.8 Å². The van der Waals surface area contributed by atoms with Crippen LogP contribution in [0.3, 0.4) is 0 Å². The maximum absolute atomic E-state index is 12.5. The van der Waals surface area contributed by atoms with Crippen LogP contribution in [0.25, 0.3) is 0 Å². The molecule has 1 aliphatic rings. The fourth-order valence-electron chi connectivity index (χ4n) is 3.34. The fraction of sp³-hybridized carbons (Fsp3) is 0.286. The maximum Gasteiger partial charge on any atom is 0.308 e. The van der Waals surface area contributed by atoms with Gasteiger partial charge in [-0.2, -0.15) is 0 Å². The molecule has 0 aliphatic carbocycles. The monoisotopic (exact) mass is 367 g/mol. The summed E-state index contributed by atoms with van der Waals surface area (Å²) in [6.45, 7) is 1.76. The molecule has 2 atom stereocenters. The zero-order chi connectivity index (χ0) is 19.4. The molecule has 2 aromatic rings. The number of benzene rings is 2. The molecular formula is C21H21NO5. The lowest BCUT2D eigenvalue weighted by molar-refractivity contribution is -0.142. The minimum atomic E-state index is -0.908. The van der Waals surface area contributed by atoms with Crippen LogP contribution in [0.5, 0.6) is 5.75 Å². The van der Waals surface area contributed by atoms with Crippen molar-refractivity contribution in [2.45, 2.75) is 12.8 Å². The van der Waals surface area contributed by atoms with Crippen molar-refractivity contribution in [3.63, 3.8) is 0 Å². The highest BCUT2D eigenvalue weighted by Crippen LogP contribution is 2.33. The van der Waals surface area contributed by atoms with E-state index in [0.29, 0.717) is 17.9 Å². The standard InChI is InChI=1S/C21H21NO5/c1-14(23)16-8-5-9-17(10-16)27-13-20(24)22-11-18(19(12-22)21(25)26)15-6-3-2-4-7-15/h2-10,18-19H,11-13H2,1H3,(H,25,26)/t18-,19-/m0/s1. The number of likely N-dealkylation sites (tertiary alicyclic amines) is 1. The van der Waals surface area contributed by atoms with Gasteiger partial charge in [0.25, 0.3) is 5.91 Å². The molecule has 2 aromatic carbocycles. The first-order valence-electron chi connectivity index (χ1n) is 8.75. The number of carbonyl (C=O) groups is 3. The second-order valence-electron chi connectivity index (χ2n) is 6.63. The number of aliphatic carboxylic acids is 1. The maximum atomic E-state index is 12.5. The number of carboxylic acid groups (broad SMARTS) is 1. The highest BCUT2D eigenvalue weighted by molar-refractivity contribution is 5.94. The molecule has 6 heteroatoms. The smallest absolute Gasteiger partial charge is 0.308 e. The molecule has 0 spiro atoms. The molecule has 0 aromatic heterocycles. The van der Waals surface area contributed by atoms with Crippen molar-refractivity contribution in [1.29, 1.82) is 0 Å². The molecule has 27 heavy (non-hydrogen) atoms. The van der Waals surface area contributed by atoms with Crippen molar-refractivity contribution in [2.75, 3.05) is 19.7 Å². The number of amides is 1. The summed E-state index contributed by atoms with van der Waals surface area (Å²) in [5.74, 6) is -1.71. The predicted molar refractivity (Wildman–Crippen MR) is 98.8 cm³/mol. The normalized spacial score (nSPS) is 18.9. The number of ether oxygens (including phenoxy) is 1. The van der Waals surface area contributed by atoms with Gasteiger partial charge in [-0.05, 0) is 24.6 Å². The molecule has 1 heterocycles. The van der Waals surface area contributed by atoms with Crippen LogP contribution in [0, 0.1) is 5.92 Å². The van der Waals surface area contributed by atoms with Gasteiger partial charge in [-0.15, -0.1) is 0 Å². The second kappa shape index (κ2) is 8.03. The lowest BCUT2D eigenvalue weighted by atomic mass is 9.89. The molecule has 6 nitrogen and oxygen atoms in total. The predicted octanol–water partition coefficient (Wildman–Crippen LogP) is 2.59. The van der Waals surface area contributed by atoms with Gasteiger partial charge in [-0.1, -0.05) is 42.5 Å². The van der Waals surface area contributed by atoms with Gasteiger partial charge in [0.05, 0.1) is 5.92 Å². The number of hydrogen-bond donors (Lipinski definition) is 1. The van der Waals surface area contributed by atoms with Gasteiger partial charge in [-0.25, -0.2) is 0 Å². The molecule has 1 aliphatic heterocycles. The lowest BCUT2D eigenvalue weighted by Crippen LogP contribution is -2.33. The van der Waals surface area contributed by atoms with Crippen molar-refractivity contribution in [3.8, 4) is 5.75 Å². The van der Waals surface area contributed by atoms with Crippen LogP contribution in [-0.2, 0) is 9.59 Å². The van der Waals surface area contributed by atoms with E-state index in [1.165, 1.54) is 11.8 Å². The molecule has 1 fully saturated rings. The Balaban J connectivity index is 1.66. The van der Waals surface area contributed by atoms with Crippen molar-refractivity contribution in [3.05, 3.63) is 65.7 Å². The zero-order valence-corrected chi connectivity index (χ0v) is 15.0. The minimum absolute atomic E-state index is 0.0821. The zero-order valence-electron chi connectivity index (χ0n) is 15.0. The van der Waals surface area contributed by atoms with E-state index in [-0.39, 0.29) is 30.8 Å². The Labute approximate surface area is 157 Å². The average Bonchev–Trinajstić information content (AvgIpc) is 3.13. The van der Waals surface area contributed by atoms with E-state index in [9.17, 15) is 19.5 Å². The summed E-state index contributed by atoms with van der Waals surface area (Å²) < 4.78 is 5.52. The third-order valence-electron chi connectivity index (χ3n) is 4.82. The Bertz CT molecular complexity index is 849. The average molecular weight is 367 g/mol. The minimum Gasteiger partial charge on any atom is -0.484 e. The number of ketones is 1. The second-order valence-corrected chi connectivity index (χ2v) is 6.63. The van der Waals surface area contributed by atoms with E-state index in [2.05, 4.69) is 0 Å². The molecule has 1 N–H and O–H groups in total. The van der Waals surface area contributed by atoms with E-state index in [1.807, 2.05) is 30.3 Å². The Hall–Kier alpha value is -3.15. The van der Waals surface area contributed by atoms with Gasteiger partial charge in [0.2, 0.25) is 0 Å². The Kier molecular flexibility index (Phi) is 5.54. The highest BCUT2D eigenvalue weighted by Gasteiger charge is 2.40. The lowest BCUT2D eigenvalue weighted by Gasteiger charge is -2.17. The molecule has 1 amide bonds. The van der Waals surface area contributed by atoms with Crippen LogP contribution in [0.4, 0.5) is 0 Å². The van der Waals surface area contributed by atoms with Gasteiger partial charge in [0.1, 0.15) is 5.75 Å². The molecule has 1 saturated heterocycles. The van der Waals surface area contributed by atoms with Crippen LogP contribution < -0.4 is 4.74 Å². The number of carboxylic acids is 1. The first-order valence-corrected chi connectivity index (χ1v) is 8.75. The quantitative estimate of drug-likeness (QED) is 0.794. The number of Topliss-reactive ketones (excluding diaryl/α,β-unsaturated/α-hetero) is 1. The molecule has 0 saturated carbocycles. The molecule has 140 valence electrons. The molecule has 0 radical (unpaired) electrons. The Morgan fingerprint density at radius 2 is 1.81 bits per heavy atom. The number of carbonyl (C=O) groups excluding carboxylic acids is 2. The number of nitrogens with zero attached hydrogens (tertiary/aromatic N) is 1. The van der Waals surface area contributed by atoms with Crippen LogP contribution in [0.15, 0.2) is 54.6 Å². The number of rotatable bonds is 6. The van der Waals surface area contributed by atoms with Crippen LogP contribution in [0.2, 0.25) is 0 Å². The van der Waals surface area contributed by atoms with Crippen molar-refractivity contribution < 1.29 is 24.2 Å². The fourth-order valence-corrected chi connectivity index (χ4v) is 3.34. The van der Waals surface area contributed by atoms with Gasteiger partial charge in [0.15, 0.2) is 12.4 Å². The van der Waals surface area contributed by atoms with Crippen molar-refractivity contribution >= 4 is 17.7 Å². The highest BCUT2D eigenvalue weighted by atomic mass is 16.5. The summed E-state index contributed by atoms with van der Waals surface area (Å²) in [7, 11) is 0.